The largest absolute Gasteiger partial charge is 0.497 e. The fraction of sp³-hybridized carbons (Fsp3) is 0.500. The van der Waals surface area contributed by atoms with Gasteiger partial charge in [0, 0.05) is 13.2 Å². The van der Waals surface area contributed by atoms with E-state index in [0.717, 1.165) is 0 Å². The molecule has 0 aliphatic heterocycles. The summed E-state index contributed by atoms with van der Waals surface area (Å²) in [7, 11) is 0.431. The Hall–Kier alpha value is -1.35. The highest BCUT2D eigenvalue weighted by molar-refractivity contribution is 7.89. The molecular weight excluding hydrogens is 286 g/mol. The van der Waals surface area contributed by atoms with Crippen LogP contribution < -0.4 is 14.2 Å². The molecule has 2 N–H and O–H groups in total. The number of rotatable bonds is 8. The average Bonchev–Trinajstić information content (AvgIpc) is 2.45. The van der Waals surface area contributed by atoms with Gasteiger partial charge in [0.1, 0.15) is 16.4 Å². The zero-order valence-electron chi connectivity index (χ0n) is 11.6. The molecule has 0 bridgehead atoms. The minimum atomic E-state index is -3.83. The zero-order valence-corrected chi connectivity index (χ0v) is 12.4. The van der Waals surface area contributed by atoms with E-state index in [1.165, 1.54) is 39.5 Å². The van der Waals surface area contributed by atoms with Crippen LogP contribution in [0.1, 0.15) is 0 Å². The summed E-state index contributed by atoms with van der Waals surface area (Å²) in [4.78, 5) is -0.0321. The molecule has 0 aliphatic rings. The summed E-state index contributed by atoms with van der Waals surface area (Å²) in [5, 5.41) is 9.12. The third kappa shape index (κ3) is 4.07. The lowest BCUT2D eigenvalue weighted by Gasteiger charge is -2.17. The monoisotopic (exact) mass is 305 g/mol. The molecule has 1 aromatic carbocycles. The number of hydrogen-bond acceptors (Lipinski definition) is 6. The zero-order chi connectivity index (χ0) is 15.2. The van der Waals surface area contributed by atoms with E-state index in [9.17, 15) is 8.42 Å². The second kappa shape index (κ2) is 7.44. The van der Waals surface area contributed by atoms with Crippen molar-refractivity contribution in [2.24, 2.45) is 0 Å². The maximum atomic E-state index is 12.3. The Balaban J connectivity index is 3.08. The molecule has 0 aliphatic carbocycles. The van der Waals surface area contributed by atoms with Crippen LogP contribution in [0.5, 0.6) is 11.5 Å². The molecule has 0 saturated heterocycles. The van der Waals surface area contributed by atoms with Crippen LogP contribution in [0.3, 0.4) is 0 Å². The molecule has 0 radical (unpaired) electrons. The van der Waals surface area contributed by atoms with Crippen LogP contribution in [0.25, 0.3) is 0 Å². The van der Waals surface area contributed by atoms with Gasteiger partial charge in [0.05, 0.1) is 33.5 Å². The van der Waals surface area contributed by atoms with Crippen molar-refractivity contribution in [3.63, 3.8) is 0 Å². The molecule has 0 fully saturated rings. The summed E-state index contributed by atoms with van der Waals surface area (Å²) in [6, 6.07) is 3.64. The summed E-state index contributed by atoms with van der Waals surface area (Å²) < 4.78 is 41.8. The second-order valence-corrected chi connectivity index (χ2v) is 5.66. The Kier molecular flexibility index (Phi) is 6.21. The van der Waals surface area contributed by atoms with Crippen LogP contribution in [0.15, 0.2) is 23.1 Å². The number of ether oxygens (including phenoxy) is 3. The van der Waals surface area contributed by atoms with Crippen LogP contribution in [0.4, 0.5) is 0 Å². The third-order valence-electron chi connectivity index (χ3n) is 2.57. The predicted octanol–water partition coefficient (Wildman–Crippen LogP) is -0.0106. The Labute approximate surface area is 118 Å². The summed E-state index contributed by atoms with van der Waals surface area (Å²) in [5.74, 6) is 0.641. The first kappa shape index (κ1) is 16.7. The van der Waals surface area contributed by atoms with Gasteiger partial charge in [0.15, 0.2) is 0 Å². The molecular formula is C12H19NO6S. The topological polar surface area (TPSA) is 94.1 Å². The lowest BCUT2D eigenvalue weighted by Crippen LogP contribution is -2.40. The van der Waals surface area contributed by atoms with Gasteiger partial charge in [-0.05, 0) is 12.1 Å². The van der Waals surface area contributed by atoms with E-state index >= 15 is 0 Å². The van der Waals surface area contributed by atoms with Gasteiger partial charge in [-0.1, -0.05) is 0 Å². The SMILES string of the molecule is COCC(CO)NS(=O)(=O)c1ccc(OC)cc1OC. The van der Waals surface area contributed by atoms with Crippen LogP contribution in [-0.4, -0.2) is 54.1 Å². The van der Waals surface area contributed by atoms with Crippen molar-refractivity contribution >= 4 is 10.0 Å². The van der Waals surface area contributed by atoms with Gasteiger partial charge >= 0.3 is 0 Å². The molecule has 1 unspecified atom stereocenters. The molecule has 0 saturated carbocycles. The molecule has 1 aromatic rings. The molecule has 0 heterocycles. The maximum Gasteiger partial charge on any atom is 0.244 e. The predicted molar refractivity (Wildman–Crippen MR) is 72.6 cm³/mol. The number of sulfonamides is 1. The fourth-order valence-corrected chi connectivity index (χ4v) is 2.97. The Bertz CT molecular complexity index is 531. The van der Waals surface area contributed by atoms with Crippen LogP contribution in [0, 0.1) is 0 Å². The average molecular weight is 305 g/mol. The van der Waals surface area contributed by atoms with Gasteiger partial charge in [0.2, 0.25) is 10.0 Å². The van der Waals surface area contributed by atoms with E-state index in [2.05, 4.69) is 4.72 Å². The highest BCUT2D eigenvalue weighted by Crippen LogP contribution is 2.28. The molecule has 7 nitrogen and oxygen atoms in total. The van der Waals surface area contributed by atoms with Crippen molar-refractivity contribution in [1.82, 2.24) is 4.72 Å². The van der Waals surface area contributed by atoms with E-state index < -0.39 is 16.1 Å². The van der Waals surface area contributed by atoms with Crippen LogP contribution >= 0.6 is 0 Å². The van der Waals surface area contributed by atoms with Crippen molar-refractivity contribution in [3.8, 4) is 11.5 Å². The smallest absolute Gasteiger partial charge is 0.244 e. The Morgan fingerprint density at radius 2 is 1.95 bits per heavy atom. The highest BCUT2D eigenvalue weighted by atomic mass is 32.2. The molecule has 8 heteroatoms. The van der Waals surface area contributed by atoms with Gasteiger partial charge in [-0.25, -0.2) is 13.1 Å². The maximum absolute atomic E-state index is 12.3. The van der Waals surface area contributed by atoms with Crippen molar-refractivity contribution in [1.29, 1.82) is 0 Å². The van der Waals surface area contributed by atoms with Crippen LogP contribution in [0.2, 0.25) is 0 Å². The second-order valence-electron chi connectivity index (χ2n) is 3.97. The van der Waals surface area contributed by atoms with E-state index in [0.29, 0.717) is 5.75 Å². The molecule has 1 rings (SSSR count). The summed E-state index contributed by atoms with van der Waals surface area (Å²) in [6.07, 6.45) is 0. The first-order valence-electron chi connectivity index (χ1n) is 5.82. The molecule has 114 valence electrons. The summed E-state index contributed by atoms with van der Waals surface area (Å²) in [5.41, 5.74) is 0. The van der Waals surface area contributed by atoms with Crippen molar-refractivity contribution < 1.29 is 27.7 Å². The number of nitrogens with one attached hydrogen (secondary N) is 1. The first-order chi connectivity index (χ1) is 9.48. The van der Waals surface area contributed by atoms with Gasteiger partial charge in [0.25, 0.3) is 0 Å². The van der Waals surface area contributed by atoms with E-state index in [1.54, 1.807) is 0 Å². The molecule has 20 heavy (non-hydrogen) atoms. The minimum Gasteiger partial charge on any atom is -0.497 e. The van der Waals surface area contributed by atoms with E-state index in [1.807, 2.05) is 0 Å². The number of aliphatic hydroxyl groups is 1. The van der Waals surface area contributed by atoms with Gasteiger partial charge in [-0.15, -0.1) is 0 Å². The highest BCUT2D eigenvalue weighted by Gasteiger charge is 2.23. The first-order valence-corrected chi connectivity index (χ1v) is 7.31. The lowest BCUT2D eigenvalue weighted by molar-refractivity contribution is 0.139. The molecule has 0 aromatic heterocycles. The Morgan fingerprint density at radius 1 is 1.25 bits per heavy atom. The summed E-state index contributed by atoms with van der Waals surface area (Å²) >= 11 is 0. The normalized spacial score (nSPS) is 13.0. The van der Waals surface area contributed by atoms with Crippen LogP contribution in [-0.2, 0) is 14.8 Å². The fourth-order valence-electron chi connectivity index (χ4n) is 1.60. The van der Waals surface area contributed by atoms with Gasteiger partial charge in [-0.3, -0.25) is 0 Å². The Morgan fingerprint density at radius 3 is 2.45 bits per heavy atom. The van der Waals surface area contributed by atoms with E-state index in [-0.39, 0.29) is 23.9 Å². The van der Waals surface area contributed by atoms with Crippen molar-refractivity contribution in [3.05, 3.63) is 18.2 Å². The molecule has 1 atom stereocenters. The minimum absolute atomic E-state index is 0.0321. The van der Waals surface area contributed by atoms with Crippen molar-refractivity contribution in [2.45, 2.75) is 10.9 Å². The lowest BCUT2D eigenvalue weighted by atomic mass is 10.3. The summed E-state index contributed by atoms with van der Waals surface area (Å²) in [6.45, 7) is -0.306. The molecule has 0 spiro atoms. The van der Waals surface area contributed by atoms with E-state index in [4.69, 9.17) is 19.3 Å². The van der Waals surface area contributed by atoms with Crippen molar-refractivity contribution in [2.75, 3.05) is 34.5 Å². The number of benzene rings is 1. The number of hydrogen-bond donors (Lipinski definition) is 2. The standard InChI is InChI=1S/C12H19NO6S/c1-17-8-9(7-14)13-20(15,16)12-5-4-10(18-2)6-11(12)19-3/h4-6,9,13-14H,7-8H2,1-3H3. The quantitative estimate of drug-likeness (QED) is 0.701. The number of aliphatic hydroxyl groups excluding tert-OH is 1. The molecule has 0 amide bonds. The van der Waals surface area contributed by atoms with Gasteiger partial charge in [-0.2, -0.15) is 0 Å². The third-order valence-corrected chi connectivity index (χ3v) is 4.13. The number of methoxy groups -OCH3 is 3. The van der Waals surface area contributed by atoms with Gasteiger partial charge < -0.3 is 19.3 Å².